The fourth-order valence-corrected chi connectivity index (χ4v) is 1.09. The molecule has 0 spiro atoms. The molecule has 0 aliphatic heterocycles. The second kappa shape index (κ2) is 5.01. The van der Waals surface area contributed by atoms with E-state index in [1.54, 1.807) is 25.2 Å². The summed E-state index contributed by atoms with van der Waals surface area (Å²) in [5.41, 5.74) is 1.59. The number of anilines is 1. The van der Waals surface area contributed by atoms with Crippen LogP contribution in [0.4, 0.5) is 10.5 Å². The molecule has 4 nitrogen and oxygen atoms in total. The summed E-state index contributed by atoms with van der Waals surface area (Å²) in [6, 6.07) is 7.07. The molecular weight excluding hydrogens is 192 g/mol. The Hall–Kier alpha value is -2.02. The molecule has 4 heteroatoms. The number of carbonyl (C=O) groups is 1. The van der Waals surface area contributed by atoms with E-state index in [-0.39, 0.29) is 6.61 Å². The number of amides is 1. The molecule has 0 radical (unpaired) electrons. The van der Waals surface area contributed by atoms with Crippen molar-refractivity contribution in [2.75, 3.05) is 11.5 Å². The molecular formula is C11H12N2O2. The molecule has 0 saturated heterocycles. The number of ether oxygens (including phenoxy) is 1. The van der Waals surface area contributed by atoms with Gasteiger partial charge in [-0.3, -0.25) is 0 Å². The fourth-order valence-electron chi connectivity index (χ4n) is 1.09. The molecule has 0 aliphatic rings. The minimum Gasteiger partial charge on any atom is -0.449 e. The van der Waals surface area contributed by atoms with Crippen LogP contribution < -0.4 is 4.90 Å². The van der Waals surface area contributed by atoms with Crippen molar-refractivity contribution >= 4 is 11.8 Å². The minimum atomic E-state index is -0.649. The number of nitrogens with zero attached hydrogens (tertiary/aromatic N) is 2. The van der Waals surface area contributed by atoms with Crippen LogP contribution >= 0.6 is 0 Å². The van der Waals surface area contributed by atoms with Gasteiger partial charge in [0.25, 0.3) is 0 Å². The smallest absolute Gasteiger partial charge is 0.427 e. The highest BCUT2D eigenvalue weighted by molar-refractivity contribution is 5.90. The van der Waals surface area contributed by atoms with Crippen molar-refractivity contribution in [3.8, 4) is 6.19 Å². The first-order valence-electron chi connectivity index (χ1n) is 4.62. The van der Waals surface area contributed by atoms with Gasteiger partial charge in [0, 0.05) is 0 Å². The first-order chi connectivity index (χ1) is 7.19. The van der Waals surface area contributed by atoms with Crippen LogP contribution in [0.3, 0.4) is 0 Å². The van der Waals surface area contributed by atoms with Crippen LogP contribution in [0.1, 0.15) is 12.5 Å². The Morgan fingerprint density at radius 1 is 1.47 bits per heavy atom. The summed E-state index contributed by atoms with van der Waals surface area (Å²) < 4.78 is 4.74. The third-order valence-corrected chi connectivity index (χ3v) is 1.84. The average Bonchev–Trinajstić information content (AvgIpc) is 2.22. The number of carbonyl (C=O) groups excluding carboxylic acids is 1. The van der Waals surface area contributed by atoms with Crippen LogP contribution in [0.2, 0.25) is 0 Å². The van der Waals surface area contributed by atoms with Gasteiger partial charge in [-0.25, -0.2) is 4.79 Å². The van der Waals surface area contributed by atoms with E-state index in [9.17, 15) is 4.79 Å². The predicted octanol–water partition coefficient (Wildman–Crippen LogP) is 2.44. The number of rotatable bonds is 2. The molecule has 78 valence electrons. The Balaban J connectivity index is 2.89. The molecule has 1 rings (SSSR count). The standard InChI is InChI=1S/C11H12N2O2/c1-3-15-11(14)13(8-12)10-6-4-9(2)5-7-10/h4-7H,3H2,1-2H3. The molecule has 0 bridgehead atoms. The summed E-state index contributed by atoms with van der Waals surface area (Å²) in [5, 5.41) is 8.82. The summed E-state index contributed by atoms with van der Waals surface area (Å²) in [6.07, 6.45) is 1.13. The van der Waals surface area contributed by atoms with Gasteiger partial charge in [0.2, 0.25) is 0 Å². The van der Waals surface area contributed by atoms with Gasteiger partial charge in [-0.15, -0.1) is 0 Å². The Morgan fingerprint density at radius 2 is 2.07 bits per heavy atom. The zero-order valence-electron chi connectivity index (χ0n) is 8.73. The Morgan fingerprint density at radius 3 is 2.53 bits per heavy atom. The fraction of sp³-hybridized carbons (Fsp3) is 0.273. The van der Waals surface area contributed by atoms with E-state index in [1.165, 1.54) is 0 Å². The lowest BCUT2D eigenvalue weighted by atomic mass is 10.2. The first kappa shape index (κ1) is 11.1. The lowest BCUT2D eigenvalue weighted by molar-refractivity contribution is 0.163. The van der Waals surface area contributed by atoms with Gasteiger partial charge in [-0.05, 0) is 26.0 Å². The van der Waals surface area contributed by atoms with E-state index in [0.717, 1.165) is 10.5 Å². The van der Waals surface area contributed by atoms with Crippen LogP contribution in [0.5, 0.6) is 0 Å². The number of aryl methyl sites for hydroxylation is 1. The van der Waals surface area contributed by atoms with Crippen molar-refractivity contribution < 1.29 is 9.53 Å². The van der Waals surface area contributed by atoms with Gasteiger partial charge in [0.15, 0.2) is 6.19 Å². The van der Waals surface area contributed by atoms with Crippen LogP contribution in [0.25, 0.3) is 0 Å². The van der Waals surface area contributed by atoms with Crippen LogP contribution in [-0.4, -0.2) is 12.7 Å². The SMILES string of the molecule is CCOC(=O)N(C#N)c1ccc(C)cc1. The normalized spacial score (nSPS) is 9.13. The lowest BCUT2D eigenvalue weighted by Gasteiger charge is -2.12. The maximum atomic E-state index is 11.3. The van der Waals surface area contributed by atoms with Gasteiger partial charge in [0.05, 0.1) is 12.3 Å². The molecule has 1 amide bonds. The number of hydrogen-bond acceptors (Lipinski definition) is 3. The number of hydrogen-bond donors (Lipinski definition) is 0. The lowest BCUT2D eigenvalue weighted by Crippen LogP contribution is -2.26. The Bertz CT molecular complexity index is 379. The Labute approximate surface area is 88.7 Å². The van der Waals surface area contributed by atoms with E-state index >= 15 is 0 Å². The van der Waals surface area contributed by atoms with Crippen molar-refractivity contribution in [3.05, 3.63) is 29.8 Å². The van der Waals surface area contributed by atoms with E-state index in [2.05, 4.69) is 0 Å². The van der Waals surface area contributed by atoms with Gasteiger partial charge >= 0.3 is 6.09 Å². The van der Waals surface area contributed by atoms with Crippen molar-refractivity contribution in [2.24, 2.45) is 0 Å². The Kier molecular flexibility index (Phi) is 3.69. The second-order valence-electron chi connectivity index (χ2n) is 2.97. The molecule has 0 saturated carbocycles. The average molecular weight is 204 g/mol. The highest BCUT2D eigenvalue weighted by atomic mass is 16.6. The second-order valence-corrected chi connectivity index (χ2v) is 2.97. The van der Waals surface area contributed by atoms with E-state index in [1.807, 2.05) is 19.1 Å². The summed E-state index contributed by atoms with van der Waals surface area (Å²) in [7, 11) is 0. The van der Waals surface area contributed by atoms with E-state index < -0.39 is 6.09 Å². The predicted molar refractivity (Wildman–Crippen MR) is 56.3 cm³/mol. The molecule has 0 fully saturated rings. The van der Waals surface area contributed by atoms with Crippen LogP contribution in [0.15, 0.2) is 24.3 Å². The quantitative estimate of drug-likeness (QED) is 0.549. The molecule has 0 N–H and O–H groups in total. The third-order valence-electron chi connectivity index (χ3n) is 1.84. The van der Waals surface area contributed by atoms with Gasteiger partial charge < -0.3 is 4.74 Å². The zero-order valence-corrected chi connectivity index (χ0v) is 8.73. The molecule has 0 aromatic heterocycles. The van der Waals surface area contributed by atoms with Gasteiger partial charge in [-0.2, -0.15) is 10.2 Å². The maximum Gasteiger partial charge on any atom is 0.427 e. The summed E-state index contributed by atoms with van der Waals surface area (Å²) in [5.74, 6) is 0. The molecule has 1 aromatic carbocycles. The highest BCUT2D eigenvalue weighted by Crippen LogP contribution is 2.15. The summed E-state index contributed by atoms with van der Waals surface area (Å²) in [4.78, 5) is 12.3. The molecule has 0 unspecified atom stereocenters. The minimum absolute atomic E-state index is 0.253. The highest BCUT2D eigenvalue weighted by Gasteiger charge is 2.15. The molecule has 0 atom stereocenters. The molecule has 15 heavy (non-hydrogen) atoms. The van der Waals surface area contributed by atoms with E-state index in [0.29, 0.717) is 5.69 Å². The third kappa shape index (κ3) is 2.71. The summed E-state index contributed by atoms with van der Waals surface area (Å²) in [6.45, 7) is 3.89. The van der Waals surface area contributed by atoms with Crippen molar-refractivity contribution in [2.45, 2.75) is 13.8 Å². The van der Waals surface area contributed by atoms with E-state index in [4.69, 9.17) is 10.00 Å². The molecule has 1 aromatic rings. The largest absolute Gasteiger partial charge is 0.449 e. The van der Waals surface area contributed by atoms with Crippen molar-refractivity contribution in [1.29, 1.82) is 5.26 Å². The molecule has 0 aliphatic carbocycles. The number of nitriles is 1. The molecule has 0 heterocycles. The zero-order chi connectivity index (χ0) is 11.3. The maximum absolute atomic E-state index is 11.3. The van der Waals surface area contributed by atoms with Gasteiger partial charge in [-0.1, -0.05) is 17.7 Å². The monoisotopic (exact) mass is 204 g/mol. The first-order valence-corrected chi connectivity index (χ1v) is 4.62. The van der Waals surface area contributed by atoms with Crippen molar-refractivity contribution in [3.63, 3.8) is 0 Å². The van der Waals surface area contributed by atoms with Gasteiger partial charge in [0.1, 0.15) is 0 Å². The van der Waals surface area contributed by atoms with Crippen LogP contribution in [0, 0.1) is 18.4 Å². The summed E-state index contributed by atoms with van der Waals surface area (Å²) >= 11 is 0. The topological polar surface area (TPSA) is 53.3 Å². The number of benzene rings is 1. The van der Waals surface area contributed by atoms with Crippen molar-refractivity contribution in [1.82, 2.24) is 0 Å². The van der Waals surface area contributed by atoms with Crippen LogP contribution in [-0.2, 0) is 4.74 Å².